The molecule has 2 aromatic carbocycles. The highest BCUT2D eigenvalue weighted by molar-refractivity contribution is 14.1. The summed E-state index contributed by atoms with van der Waals surface area (Å²) in [5, 5.41) is 4.72. The van der Waals surface area contributed by atoms with E-state index in [9.17, 15) is 18.0 Å². The average molecular weight is 515 g/mol. The van der Waals surface area contributed by atoms with Gasteiger partial charge < -0.3 is 10.1 Å². The summed E-state index contributed by atoms with van der Waals surface area (Å²) in [4.78, 5) is 12.3. The highest BCUT2D eigenvalue weighted by Crippen LogP contribution is 2.35. The van der Waals surface area contributed by atoms with Gasteiger partial charge in [-0.25, -0.2) is 0 Å². The van der Waals surface area contributed by atoms with Crippen LogP contribution < -0.4 is 15.4 Å². The number of methoxy groups -OCH3 is 1. The second-order valence-corrected chi connectivity index (χ2v) is 7.03. The quantitative estimate of drug-likeness (QED) is 0.442. The summed E-state index contributed by atoms with van der Waals surface area (Å²) in [6, 6.07) is 8.10. The molecule has 0 saturated heterocycles. The highest BCUT2D eigenvalue weighted by atomic mass is 127. The van der Waals surface area contributed by atoms with Gasteiger partial charge in [0.1, 0.15) is 5.75 Å². The van der Waals surface area contributed by atoms with Crippen molar-refractivity contribution in [3.8, 4) is 5.75 Å². The first-order valence-corrected chi connectivity index (χ1v) is 8.81. The van der Waals surface area contributed by atoms with Crippen molar-refractivity contribution >= 4 is 63.1 Å². The number of carbonyl (C=O) groups is 1. The maximum Gasteiger partial charge on any atom is 0.418 e. The number of ether oxygens (including phenoxy) is 1. The summed E-state index contributed by atoms with van der Waals surface area (Å²) >= 11 is 12.6. The van der Waals surface area contributed by atoms with Crippen LogP contribution in [0.15, 0.2) is 36.4 Å². The number of hydrogen-bond donors (Lipinski definition) is 2. The Morgan fingerprint density at radius 1 is 1.23 bits per heavy atom. The van der Waals surface area contributed by atoms with Gasteiger partial charge in [0.2, 0.25) is 0 Å². The monoisotopic (exact) mass is 514 g/mol. The number of halogens is 5. The predicted molar refractivity (Wildman–Crippen MR) is 106 cm³/mol. The zero-order chi connectivity index (χ0) is 19.5. The Kier molecular flexibility index (Phi) is 6.69. The minimum absolute atomic E-state index is 0.0998. The molecule has 0 atom stereocenters. The summed E-state index contributed by atoms with van der Waals surface area (Å²) in [6.45, 7) is 0. The molecule has 0 fully saturated rings. The molecule has 0 radical (unpaired) electrons. The van der Waals surface area contributed by atoms with Crippen molar-refractivity contribution in [3.05, 3.63) is 56.1 Å². The molecular formula is C16H11ClF3IN2O2S. The number of carbonyl (C=O) groups excluding carboxylic acids is 1. The maximum absolute atomic E-state index is 13.1. The van der Waals surface area contributed by atoms with E-state index in [4.69, 9.17) is 28.6 Å². The molecule has 138 valence electrons. The summed E-state index contributed by atoms with van der Waals surface area (Å²) in [6.07, 6.45) is -4.57. The largest absolute Gasteiger partial charge is 0.496 e. The number of benzene rings is 2. The van der Waals surface area contributed by atoms with Gasteiger partial charge in [0.25, 0.3) is 5.91 Å². The molecule has 0 saturated carbocycles. The SMILES string of the molecule is COc1ccc(Cl)cc1C(=O)NC(=S)Nc1ccc(I)cc1C(F)(F)F. The number of alkyl halides is 3. The first-order valence-electron chi connectivity index (χ1n) is 6.94. The van der Waals surface area contributed by atoms with Gasteiger partial charge in [-0.2, -0.15) is 13.2 Å². The number of rotatable bonds is 3. The lowest BCUT2D eigenvalue weighted by Gasteiger charge is -2.16. The smallest absolute Gasteiger partial charge is 0.418 e. The lowest BCUT2D eigenvalue weighted by atomic mass is 10.1. The van der Waals surface area contributed by atoms with Crippen LogP contribution in [0.1, 0.15) is 15.9 Å². The van der Waals surface area contributed by atoms with E-state index in [1.54, 1.807) is 22.6 Å². The fraction of sp³-hybridized carbons (Fsp3) is 0.125. The zero-order valence-electron chi connectivity index (χ0n) is 13.1. The maximum atomic E-state index is 13.1. The molecule has 0 aliphatic carbocycles. The number of thiocarbonyl (C=S) groups is 1. The molecule has 0 unspecified atom stereocenters. The molecule has 0 heterocycles. The van der Waals surface area contributed by atoms with E-state index in [1.165, 1.54) is 37.4 Å². The van der Waals surface area contributed by atoms with Crippen molar-refractivity contribution in [2.24, 2.45) is 0 Å². The molecule has 26 heavy (non-hydrogen) atoms. The van der Waals surface area contributed by atoms with Crippen LogP contribution in [-0.4, -0.2) is 18.1 Å². The fourth-order valence-electron chi connectivity index (χ4n) is 2.04. The number of nitrogens with one attached hydrogen (secondary N) is 2. The third kappa shape index (κ3) is 5.21. The van der Waals surface area contributed by atoms with Gasteiger partial charge in [-0.1, -0.05) is 11.6 Å². The molecule has 10 heteroatoms. The van der Waals surface area contributed by atoms with E-state index in [1.807, 2.05) is 0 Å². The second kappa shape index (κ2) is 8.40. The molecule has 1 amide bonds. The summed E-state index contributed by atoms with van der Waals surface area (Å²) in [7, 11) is 1.37. The van der Waals surface area contributed by atoms with Crippen molar-refractivity contribution in [1.82, 2.24) is 5.32 Å². The van der Waals surface area contributed by atoms with Crippen molar-refractivity contribution in [2.75, 3.05) is 12.4 Å². The van der Waals surface area contributed by atoms with Crippen molar-refractivity contribution in [2.45, 2.75) is 6.18 Å². The van der Waals surface area contributed by atoms with Gasteiger partial charge in [-0.15, -0.1) is 0 Å². The third-order valence-electron chi connectivity index (χ3n) is 3.17. The van der Waals surface area contributed by atoms with Crippen LogP contribution in [0.2, 0.25) is 5.02 Å². The summed E-state index contributed by atoms with van der Waals surface area (Å²) in [5.41, 5.74) is -1.05. The standard InChI is InChI=1S/C16H11ClF3IN2O2S/c1-25-13-5-2-8(17)6-10(13)14(24)23-15(26)22-12-4-3-9(21)7-11(12)16(18,19)20/h2-7H,1H3,(H2,22,23,24,26). The summed E-state index contributed by atoms with van der Waals surface area (Å²) in [5.74, 6) is -0.416. The summed E-state index contributed by atoms with van der Waals surface area (Å²) < 4.78 is 44.9. The molecule has 0 aromatic heterocycles. The van der Waals surface area contributed by atoms with E-state index in [-0.39, 0.29) is 22.1 Å². The Hall–Kier alpha value is -1.59. The van der Waals surface area contributed by atoms with E-state index in [2.05, 4.69) is 10.6 Å². The lowest BCUT2D eigenvalue weighted by Crippen LogP contribution is -2.34. The average Bonchev–Trinajstić information content (AvgIpc) is 2.55. The topological polar surface area (TPSA) is 50.4 Å². The molecule has 0 aliphatic heterocycles. The van der Waals surface area contributed by atoms with Crippen LogP contribution in [0.25, 0.3) is 0 Å². The Morgan fingerprint density at radius 3 is 2.54 bits per heavy atom. The minimum atomic E-state index is -4.57. The molecule has 2 N–H and O–H groups in total. The van der Waals surface area contributed by atoms with Gasteiger partial charge >= 0.3 is 6.18 Å². The zero-order valence-corrected chi connectivity index (χ0v) is 16.8. The van der Waals surface area contributed by atoms with Gasteiger partial charge in [0.05, 0.1) is 23.9 Å². The molecule has 2 aromatic rings. The first kappa shape index (κ1) is 20.7. The molecule has 0 spiro atoms. The van der Waals surface area contributed by atoms with Crippen LogP contribution in [0.5, 0.6) is 5.75 Å². The van der Waals surface area contributed by atoms with E-state index in [0.29, 0.717) is 8.59 Å². The molecule has 0 bridgehead atoms. The fourth-order valence-corrected chi connectivity index (χ4v) is 2.91. The Labute approximate surface area is 171 Å². The van der Waals surface area contributed by atoms with Gasteiger partial charge in [-0.05, 0) is 71.2 Å². The number of hydrogen-bond acceptors (Lipinski definition) is 3. The molecule has 0 aliphatic rings. The second-order valence-electron chi connectivity index (χ2n) is 4.94. The van der Waals surface area contributed by atoms with Crippen LogP contribution in [0, 0.1) is 3.57 Å². The van der Waals surface area contributed by atoms with Crippen molar-refractivity contribution in [3.63, 3.8) is 0 Å². The third-order valence-corrected chi connectivity index (χ3v) is 4.28. The highest BCUT2D eigenvalue weighted by Gasteiger charge is 2.34. The van der Waals surface area contributed by atoms with Gasteiger partial charge in [0, 0.05) is 8.59 Å². The first-order chi connectivity index (χ1) is 12.1. The molecule has 2 rings (SSSR count). The number of anilines is 1. The van der Waals surface area contributed by atoms with Crippen LogP contribution in [0.4, 0.5) is 18.9 Å². The van der Waals surface area contributed by atoms with Crippen molar-refractivity contribution in [1.29, 1.82) is 0 Å². The van der Waals surface area contributed by atoms with Crippen molar-refractivity contribution < 1.29 is 22.7 Å². The minimum Gasteiger partial charge on any atom is -0.496 e. The van der Waals surface area contributed by atoms with E-state index < -0.39 is 17.6 Å². The van der Waals surface area contributed by atoms with Crippen LogP contribution >= 0.6 is 46.4 Å². The molecule has 4 nitrogen and oxygen atoms in total. The van der Waals surface area contributed by atoms with E-state index in [0.717, 1.165) is 6.07 Å². The van der Waals surface area contributed by atoms with Gasteiger partial charge in [0.15, 0.2) is 5.11 Å². The predicted octanol–water partition coefficient (Wildman–Crippen LogP) is 5.10. The molecular weight excluding hydrogens is 504 g/mol. The Bertz CT molecular complexity index is 862. The van der Waals surface area contributed by atoms with Crippen LogP contribution in [-0.2, 0) is 6.18 Å². The number of amides is 1. The van der Waals surface area contributed by atoms with Gasteiger partial charge in [-0.3, -0.25) is 10.1 Å². The van der Waals surface area contributed by atoms with Crippen LogP contribution in [0.3, 0.4) is 0 Å². The normalized spacial score (nSPS) is 11.0. The lowest BCUT2D eigenvalue weighted by molar-refractivity contribution is -0.137. The Morgan fingerprint density at radius 2 is 1.92 bits per heavy atom. The Balaban J connectivity index is 2.20. The van der Waals surface area contributed by atoms with E-state index >= 15 is 0 Å².